The molecule has 1 heterocycles. The van der Waals surface area contributed by atoms with Crippen LogP contribution in [-0.2, 0) is 0 Å². The number of hydrogen-bond acceptors (Lipinski definition) is 5. The first-order chi connectivity index (χ1) is 10.1. The van der Waals surface area contributed by atoms with E-state index in [1.54, 1.807) is 12.1 Å². The van der Waals surface area contributed by atoms with Gasteiger partial charge < -0.3 is 16.0 Å². The molecule has 0 unspecified atom stereocenters. The number of anilines is 1. The van der Waals surface area contributed by atoms with Gasteiger partial charge in [-0.1, -0.05) is 0 Å². The molecule has 112 valence electrons. The van der Waals surface area contributed by atoms with Gasteiger partial charge in [-0.25, -0.2) is 0 Å². The lowest BCUT2D eigenvalue weighted by molar-refractivity contribution is -0.384. The van der Waals surface area contributed by atoms with Crippen molar-refractivity contribution in [3.63, 3.8) is 0 Å². The van der Waals surface area contributed by atoms with Crippen molar-refractivity contribution in [2.75, 3.05) is 25.0 Å². The van der Waals surface area contributed by atoms with E-state index in [1.807, 2.05) is 0 Å². The van der Waals surface area contributed by atoms with Gasteiger partial charge in [0.2, 0.25) is 0 Å². The Morgan fingerprint density at radius 2 is 2.14 bits per heavy atom. The second kappa shape index (κ2) is 5.69. The fourth-order valence-electron chi connectivity index (χ4n) is 2.23. The van der Waals surface area contributed by atoms with Gasteiger partial charge in [-0.15, -0.1) is 0 Å². The van der Waals surface area contributed by atoms with Gasteiger partial charge in [-0.3, -0.25) is 14.9 Å². The second-order valence-electron chi connectivity index (χ2n) is 5.64. The van der Waals surface area contributed by atoms with E-state index in [2.05, 4.69) is 16.0 Å². The molecule has 2 aliphatic rings. The fraction of sp³-hybridized carbons (Fsp3) is 0.500. The maximum absolute atomic E-state index is 12.0. The van der Waals surface area contributed by atoms with E-state index in [1.165, 1.54) is 6.07 Å². The average Bonchev–Trinajstić information content (AvgIpc) is 3.21. The molecule has 0 aromatic heterocycles. The number of carbonyl (C=O) groups excluding carboxylic acids is 1. The van der Waals surface area contributed by atoms with Crippen molar-refractivity contribution in [1.82, 2.24) is 10.6 Å². The Labute approximate surface area is 122 Å². The molecular weight excluding hydrogens is 272 g/mol. The van der Waals surface area contributed by atoms with Gasteiger partial charge in [0.1, 0.15) is 5.69 Å². The van der Waals surface area contributed by atoms with Crippen LogP contribution in [0.1, 0.15) is 23.2 Å². The van der Waals surface area contributed by atoms with Gasteiger partial charge in [-0.05, 0) is 25.0 Å². The summed E-state index contributed by atoms with van der Waals surface area (Å²) in [6, 6.07) is 4.93. The molecule has 21 heavy (non-hydrogen) atoms. The number of amides is 1. The van der Waals surface area contributed by atoms with Crippen molar-refractivity contribution in [1.29, 1.82) is 0 Å². The summed E-state index contributed by atoms with van der Waals surface area (Å²) < 4.78 is 0. The minimum Gasteiger partial charge on any atom is -0.377 e. The minimum absolute atomic E-state index is 0.0418. The average molecular weight is 290 g/mol. The first-order valence-corrected chi connectivity index (χ1v) is 7.17. The van der Waals surface area contributed by atoms with Gasteiger partial charge in [0.05, 0.1) is 4.92 Å². The molecule has 3 rings (SSSR count). The van der Waals surface area contributed by atoms with Gasteiger partial charge >= 0.3 is 0 Å². The minimum atomic E-state index is -0.447. The Balaban J connectivity index is 1.70. The van der Waals surface area contributed by atoms with Crippen LogP contribution in [0.4, 0.5) is 11.4 Å². The van der Waals surface area contributed by atoms with E-state index < -0.39 is 4.92 Å². The summed E-state index contributed by atoms with van der Waals surface area (Å²) in [6.45, 7) is 2.41. The van der Waals surface area contributed by atoms with E-state index in [0.29, 0.717) is 29.8 Å². The number of nitro groups is 1. The topological polar surface area (TPSA) is 96.3 Å². The molecule has 1 saturated carbocycles. The lowest BCUT2D eigenvalue weighted by atomic mass is 10.0. The van der Waals surface area contributed by atoms with Crippen molar-refractivity contribution in [3.05, 3.63) is 33.9 Å². The molecule has 1 saturated heterocycles. The van der Waals surface area contributed by atoms with E-state index in [9.17, 15) is 14.9 Å². The zero-order valence-electron chi connectivity index (χ0n) is 11.6. The smallest absolute Gasteiger partial charge is 0.293 e. The third kappa shape index (κ3) is 3.30. The van der Waals surface area contributed by atoms with E-state index >= 15 is 0 Å². The Morgan fingerprint density at radius 1 is 1.38 bits per heavy atom. The second-order valence-corrected chi connectivity index (χ2v) is 5.64. The maximum Gasteiger partial charge on any atom is 0.293 e. The van der Waals surface area contributed by atoms with Crippen molar-refractivity contribution in [3.8, 4) is 0 Å². The van der Waals surface area contributed by atoms with Crippen LogP contribution in [0.2, 0.25) is 0 Å². The van der Waals surface area contributed by atoms with E-state index in [-0.39, 0.29) is 11.6 Å². The van der Waals surface area contributed by atoms with Crippen LogP contribution in [0, 0.1) is 16.0 Å². The summed E-state index contributed by atoms with van der Waals surface area (Å²) in [5.41, 5.74) is 0.775. The maximum atomic E-state index is 12.0. The quantitative estimate of drug-likeness (QED) is 0.539. The zero-order chi connectivity index (χ0) is 14.8. The van der Waals surface area contributed by atoms with Gasteiger partial charge in [-0.2, -0.15) is 0 Å². The van der Waals surface area contributed by atoms with Crippen LogP contribution in [0.3, 0.4) is 0 Å². The normalized spacial score (nSPS) is 17.9. The highest BCUT2D eigenvalue weighted by Crippen LogP contribution is 2.31. The number of nitrogens with zero attached hydrogens (tertiary/aromatic N) is 1. The molecule has 1 aliphatic carbocycles. The Morgan fingerprint density at radius 3 is 2.71 bits per heavy atom. The van der Waals surface area contributed by atoms with Crippen LogP contribution in [0.25, 0.3) is 0 Å². The van der Waals surface area contributed by atoms with Crippen LogP contribution in [-0.4, -0.2) is 36.5 Å². The predicted molar refractivity (Wildman–Crippen MR) is 78.4 cm³/mol. The highest BCUT2D eigenvalue weighted by atomic mass is 16.6. The number of nitro benzene ring substituents is 1. The molecule has 0 bridgehead atoms. The van der Waals surface area contributed by atoms with Gasteiger partial charge in [0.25, 0.3) is 11.6 Å². The Kier molecular flexibility index (Phi) is 3.74. The molecule has 1 aromatic rings. The highest BCUT2D eigenvalue weighted by molar-refractivity contribution is 5.95. The summed E-state index contributed by atoms with van der Waals surface area (Å²) in [6.07, 6.45) is 2.07. The summed E-state index contributed by atoms with van der Waals surface area (Å²) in [7, 11) is 0. The zero-order valence-corrected chi connectivity index (χ0v) is 11.6. The monoisotopic (exact) mass is 290 g/mol. The van der Waals surface area contributed by atoms with Crippen molar-refractivity contribution < 1.29 is 9.72 Å². The lowest BCUT2D eigenvalue weighted by Gasteiger charge is -2.27. The lowest BCUT2D eigenvalue weighted by Crippen LogP contribution is -2.48. The van der Waals surface area contributed by atoms with E-state index in [0.717, 1.165) is 25.9 Å². The predicted octanol–water partition coefficient (Wildman–Crippen LogP) is 1.12. The van der Waals surface area contributed by atoms with Crippen LogP contribution < -0.4 is 16.0 Å². The first kappa shape index (κ1) is 13.8. The van der Waals surface area contributed by atoms with Crippen LogP contribution in [0.5, 0.6) is 0 Å². The molecule has 7 nitrogen and oxygen atoms in total. The molecular formula is C14H18N4O3. The molecule has 3 N–H and O–H groups in total. The first-order valence-electron chi connectivity index (χ1n) is 7.17. The largest absolute Gasteiger partial charge is 0.377 e. The highest BCUT2D eigenvalue weighted by Gasteiger charge is 2.25. The fourth-order valence-corrected chi connectivity index (χ4v) is 2.23. The summed E-state index contributed by atoms with van der Waals surface area (Å²) in [5.74, 6) is 0.197. The Bertz CT molecular complexity index is 567. The molecule has 7 heteroatoms. The third-order valence-electron chi connectivity index (χ3n) is 3.81. The Hall–Kier alpha value is -2.15. The van der Waals surface area contributed by atoms with Gasteiger partial charge in [0, 0.05) is 43.2 Å². The molecule has 0 atom stereocenters. The molecule has 1 amide bonds. The van der Waals surface area contributed by atoms with Gasteiger partial charge in [0.15, 0.2) is 0 Å². The number of nitrogens with one attached hydrogen (secondary N) is 3. The third-order valence-corrected chi connectivity index (χ3v) is 3.81. The van der Waals surface area contributed by atoms with Crippen LogP contribution in [0.15, 0.2) is 18.2 Å². The number of carbonyl (C=O) groups is 1. The molecule has 1 aromatic carbocycles. The summed E-state index contributed by atoms with van der Waals surface area (Å²) in [4.78, 5) is 22.7. The molecule has 0 spiro atoms. The SMILES string of the molecule is O=C(NCC1CNC1)c1ccc(NC2CC2)c([N+](=O)[O-])c1. The molecule has 0 radical (unpaired) electrons. The van der Waals surface area contributed by atoms with Crippen LogP contribution >= 0.6 is 0 Å². The van der Waals surface area contributed by atoms with E-state index in [4.69, 9.17) is 0 Å². The summed E-state index contributed by atoms with van der Waals surface area (Å²) in [5, 5.41) is 20.2. The number of hydrogen-bond donors (Lipinski definition) is 3. The van der Waals surface area contributed by atoms with Crippen molar-refractivity contribution >= 4 is 17.3 Å². The number of benzene rings is 1. The summed E-state index contributed by atoms with van der Waals surface area (Å²) >= 11 is 0. The van der Waals surface area contributed by atoms with Crippen molar-refractivity contribution in [2.45, 2.75) is 18.9 Å². The number of rotatable bonds is 6. The molecule has 2 fully saturated rings. The molecule has 1 aliphatic heterocycles. The van der Waals surface area contributed by atoms with Crippen molar-refractivity contribution in [2.24, 2.45) is 5.92 Å². The standard InChI is InChI=1S/C14H18N4O3/c19-14(16-8-9-6-15-7-9)10-1-4-12(17-11-2-3-11)13(5-10)18(20)21/h1,4-5,9,11,15,17H,2-3,6-8H2,(H,16,19).